The lowest BCUT2D eigenvalue weighted by Gasteiger charge is -2.08. The van der Waals surface area contributed by atoms with Gasteiger partial charge in [-0.25, -0.2) is 0 Å². The van der Waals surface area contributed by atoms with Gasteiger partial charge in [-0.2, -0.15) is 36.9 Å². The predicted molar refractivity (Wildman–Crippen MR) is 138 cm³/mol. The first-order valence-electron chi connectivity index (χ1n) is 11.7. The highest BCUT2D eigenvalue weighted by atomic mass is 19.4. The molecule has 3 aromatic rings. The minimum atomic E-state index is -4.19. The molecule has 0 aliphatic rings. The molecule has 0 unspecified atom stereocenters. The van der Waals surface area contributed by atoms with Gasteiger partial charge in [-0.15, -0.1) is 0 Å². The Hall–Kier alpha value is -4.23. The molecule has 3 rings (SSSR count). The first kappa shape index (κ1) is 33.8. The third-order valence-corrected chi connectivity index (χ3v) is 4.83. The van der Waals surface area contributed by atoms with Gasteiger partial charge in [0.25, 0.3) is 0 Å². The Morgan fingerprint density at radius 2 is 1.00 bits per heavy atom. The van der Waals surface area contributed by atoms with E-state index in [2.05, 4.69) is 10.6 Å². The average molecular weight is 564 g/mol. The Labute approximate surface area is 228 Å². The van der Waals surface area contributed by atoms with E-state index < -0.39 is 25.4 Å². The SMILES string of the molecule is N#Cc1ccc(C=O)cc1.N#Cc1ccc(CNCC(F)(F)F)cc1.NCc1ccc(CNCC(F)(F)F)cc1. The summed E-state index contributed by atoms with van der Waals surface area (Å²) in [5.74, 6) is 0. The lowest BCUT2D eigenvalue weighted by Crippen LogP contribution is -2.28. The van der Waals surface area contributed by atoms with Gasteiger partial charge in [0.2, 0.25) is 0 Å². The largest absolute Gasteiger partial charge is 0.401 e. The predicted octanol–water partition coefficient (Wildman–Crippen LogP) is 5.38. The molecule has 0 aromatic heterocycles. The highest BCUT2D eigenvalue weighted by Gasteiger charge is 2.26. The van der Waals surface area contributed by atoms with Crippen LogP contribution in [0.4, 0.5) is 26.3 Å². The van der Waals surface area contributed by atoms with Crippen LogP contribution in [0.15, 0.2) is 72.8 Å². The zero-order chi connectivity index (χ0) is 30.0. The molecule has 0 atom stereocenters. The fourth-order valence-electron chi connectivity index (χ4n) is 2.82. The lowest BCUT2D eigenvalue weighted by molar-refractivity contribution is -0.125. The maximum atomic E-state index is 11.8. The maximum Gasteiger partial charge on any atom is 0.401 e. The molecule has 212 valence electrons. The van der Waals surface area contributed by atoms with E-state index in [1.807, 2.05) is 24.3 Å². The van der Waals surface area contributed by atoms with E-state index in [0.29, 0.717) is 23.2 Å². The van der Waals surface area contributed by atoms with Crippen LogP contribution in [0.1, 0.15) is 38.2 Å². The van der Waals surface area contributed by atoms with Gasteiger partial charge >= 0.3 is 12.4 Å². The second kappa shape index (κ2) is 17.4. The number of hydrogen-bond donors (Lipinski definition) is 3. The standard InChI is InChI=1S/C10H13F3N2.C10H9F3N2.C8H5NO/c2*11-10(12,13)7-15-6-9-3-1-8(5-14)2-4-9;9-5-7-1-3-8(6-10)4-2-7/h1-4,15H,5-7,14H2;1-4,15H,6-7H2;1-4,6H. The fourth-order valence-corrected chi connectivity index (χ4v) is 2.82. The first-order valence-corrected chi connectivity index (χ1v) is 11.7. The van der Waals surface area contributed by atoms with Crippen LogP contribution in [0.3, 0.4) is 0 Å². The highest BCUT2D eigenvalue weighted by Crippen LogP contribution is 2.13. The molecule has 0 bridgehead atoms. The fraction of sp³-hybridized carbons (Fsp3) is 0.250. The number of aldehydes is 1. The second-order valence-electron chi connectivity index (χ2n) is 8.12. The summed E-state index contributed by atoms with van der Waals surface area (Å²) >= 11 is 0. The van der Waals surface area contributed by atoms with E-state index >= 15 is 0 Å². The Balaban J connectivity index is 0.000000307. The number of alkyl halides is 6. The van der Waals surface area contributed by atoms with Gasteiger partial charge in [-0.1, -0.05) is 48.5 Å². The number of hydrogen-bond acceptors (Lipinski definition) is 6. The van der Waals surface area contributed by atoms with Crippen molar-refractivity contribution in [3.05, 3.63) is 106 Å². The molecule has 0 fully saturated rings. The molecule has 4 N–H and O–H groups in total. The van der Waals surface area contributed by atoms with E-state index in [1.54, 1.807) is 60.7 Å². The van der Waals surface area contributed by atoms with E-state index in [1.165, 1.54) is 0 Å². The molecule has 0 aliphatic carbocycles. The van der Waals surface area contributed by atoms with Crippen molar-refractivity contribution >= 4 is 6.29 Å². The molecule has 12 heteroatoms. The van der Waals surface area contributed by atoms with E-state index in [0.717, 1.165) is 23.0 Å². The number of nitrogens with zero attached hydrogens (tertiary/aromatic N) is 2. The number of nitrogens with two attached hydrogens (primary N) is 1. The van der Waals surface area contributed by atoms with Gasteiger partial charge < -0.3 is 16.4 Å². The number of benzene rings is 3. The zero-order valence-corrected chi connectivity index (χ0v) is 21.2. The van der Waals surface area contributed by atoms with Crippen LogP contribution in [-0.2, 0) is 19.6 Å². The van der Waals surface area contributed by atoms with Crippen molar-refractivity contribution in [2.45, 2.75) is 32.0 Å². The van der Waals surface area contributed by atoms with Crippen molar-refractivity contribution in [2.75, 3.05) is 13.1 Å². The van der Waals surface area contributed by atoms with Crippen LogP contribution in [0, 0.1) is 22.7 Å². The molecule has 0 saturated heterocycles. The molecule has 3 aromatic carbocycles. The quantitative estimate of drug-likeness (QED) is 0.251. The molecule has 6 nitrogen and oxygen atoms in total. The minimum absolute atomic E-state index is 0.144. The number of nitriles is 2. The highest BCUT2D eigenvalue weighted by molar-refractivity contribution is 5.74. The summed E-state index contributed by atoms with van der Waals surface area (Å²) in [5.41, 5.74) is 9.56. The molecular weight excluding hydrogens is 536 g/mol. The topological polar surface area (TPSA) is 115 Å². The zero-order valence-electron chi connectivity index (χ0n) is 21.2. The third kappa shape index (κ3) is 15.9. The Morgan fingerprint density at radius 1 is 0.650 bits per heavy atom. The summed E-state index contributed by atoms with van der Waals surface area (Å²) in [6.07, 6.45) is -7.59. The van der Waals surface area contributed by atoms with E-state index in [-0.39, 0.29) is 13.1 Å². The molecule has 0 radical (unpaired) electrons. The van der Waals surface area contributed by atoms with Gasteiger partial charge in [0.05, 0.1) is 36.4 Å². The number of nitrogens with one attached hydrogen (secondary N) is 2. The average Bonchev–Trinajstić information content (AvgIpc) is 2.93. The van der Waals surface area contributed by atoms with Crippen molar-refractivity contribution < 1.29 is 31.1 Å². The van der Waals surface area contributed by atoms with Crippen molar-refractivity contribution in [1.29, 1.82) is 10.5 Å². The van der Waals surface area contributed by atoms with Crippen LogP contribution >= 0.6 is 0 Å². The number of carbonyl (C=O) groups excluding carboxylic acids is 1. The third-order valence-electron chi connectivity index (χ3n) is 4.83. The van der Waals surface area contributed by atoms with Gasteiger partial charge in [-0.05, 0) is 41.0 Å². The van der Waals surface area contributed by atoms with Gasteiger partial charge in [0, 0.05) is 25.2 Å². The maximum absolute atomic E-state index is 11.8. The normalized spacial score (nSPS) is 10.6. The second-order valence-corrected chi connectivity index (χ2v) is 8.12. The summed E-state index contributed by atoms with van der Waals surface area (Å²) in [6.45, 7) is -1.18. The molecule has 0 aliphatic heterocycles. The van der Waals surface area contributed by atoms with Crippen LogP contribution in [-0.4, -0.2) is 31.7 Å². The summed E-state index contributed by atoms with van der Waals surface area (Å²) < 4.78 is 70.7. The summed E-state index contributed by atoms with van der Waals surface area (Å²) in [6, 6.07) is 23.9. The molecule has 40 heavy (non-hydrogen) atoms. The van der Waals surface area contributed by atoms with E-state index in [4.69, 9.17) is 16.3 Å². The summed E-state index contributed by atoms with van der Waals surface area (Å²) in [4.78, 5) is 10.1. The van der Waals surface area contributed by atoms with Crippen molar-refractivity contribution in [1.82, 2.24) is 10.6 Å². The first-order chi connectivity index (χ1) is 18.9. The summed E-state index contributed by atoms with van der Waals surface area (Å²) in [5, 5.41) is 21.5. The van der Waals surface area contributed by atoms with Crippen LogP contribution in [0.2, 0.25) is 0 Å². The minimum Gasteiger partial charge on any atom is -0.326 e. The molecular formula is C28H27F6N5O. The van der Waals surface area contributed by atoms with Crippen LogP contribution in [0.25, 0.3) is 0 Å². The number of rotatable bonds is 8. The Bertz CT molecular complexity index is 1230. The monoisotopic (exact) mass is 563 g/mol. The van der Waals surface area contributed by atoms with Crippen LogP contribution in [0.5, 0.6) is 0 Å². The van der Waals surface area contributed by atoms with E-state index in [9.17, 15) is 31.1 Å². The number of halogens is 6. The van der Waals surface area contributed by atoms with Gasteiger partial charge in [-0.3, -0.25) is 4.79 Å². The smallest absolute Gasteiger partial charge is 0.326 e. The van der Waals surface area contributed by atoms with Crippen molar-refractivity contribution in [2.24, 2.45) is 5.73 Å². The van der Waals surface area contributed by atoms with Gasteiger partial charge in [0.15, 0.2) is 0 Å². The van der Waals surface area contributed by atoms with Crippen molar-refractivity contribution in [3.63, 3.8) is 0 Å². The van der Waals surface area contributed by atoms with Crippen LogP contribution < -0.4 is 16.4 Å². The Kier molecular flexibility index (Phi) is 14.7. The van der Waals surface area contributed by atoms with Gasteiger partial charge in [0.1, 0.15) is 6.29 Å². The molecule has 0 amide bonds. The molecule has 0 spiro atoms. The lowest BCUT2D eigenvalue weighted by atomic mass is 10.1. The molecule has 0 heterocycles. The van der Waals surface area contributed by atoms with Crippen molar-refractivity contribution in [3.8, 4) is 12.1 Å². The summed E-state index contributed by atoms with van der Waals surface area (Å²) in [7, 11) is 0. The number of carbonyl (C=O) groups is 1. The Morgan fingerprint density at radius 3 is 1.32 bits per heavy atom. The molecule has 0 saturated carbocycles.